The molecular weight excluding hydrogens is 612 g/mol. The van der Waals surface area contributed by atoms with Crippen molar-refractivity contribution in [1.82, 2.24) is 9.58 Å². The number of rotatable bonds is 17. The largest absolute Gasteiger partial charge is 0.492 e. The zero-order valence-electron chi connectivity index (χ0n) is 29.9. The number of hydrogen-bond acceptors (Lipinski definition) is 7. The number of piperidine rings is 1. The lowest BCUT2D eigenvalue weighted by Gasteiger charge is -2.31. The number of aromatic nitrogens is 1. The molecule has 2 unspecified atom stereocenters. The molecule has 49 heavy (non-hydrogen) atoms. The van der Waals surface area contributed by atoms with E-state index in [1.807, 2.05) is 18.2 Å². The highest BCUT2D eigenvalue weighted by atomic mass is 16.3. The summed E-state index contributed by atoms with van der Waals surface area (Å²) >= 11 is 0. The number of unbranched alkanes of at least 4 members (excludes halogenated alkanes) is 2. The third kappa shape index (κ3) is 9.59. The first-order valence-electron chi connectivity index (χ1n) is 18.4. The number of nitrogens with zero attached hydrogens (tertiary/aromatic N) is 6. The fraction of sp³-hybridized carbons (Fsp3) is 0.525. The molecule has 4 rings (SSSR count). The van der Waals surface area contributed by atoms with Gasteiger partial charge in [-0.05, 0) is 73.8 Å². The van der Waals surface area contributed by atoms with Crippen LogP contribution in [0.4, 0.5) is 11.4 Å². The highest BCUT2D eigenvalue weighted by Crippen LogP contribution is 2.40. The lowest BCUT2D eigenvalue weighted by atomic mass is 9.95. The second kappa shape index (κ2) is 18.9. The lowest BCUT2D eigenvalue weighted by Crippen LogP contribution is -2.46. The minimum Gasteiger partial charge on any atom is -0.492 e. The van der Waals surface area contributed by atoms with Gasteiger partial charge in [-0.2, -0.15) is 15.1 Å². The van der Waals surface area contributed by atoms with Crippen LogP contribution >= 0.6 is 0 Å². The van der Waals surface area contributed by atoms with Crippen molar-refractivity contribution < 1.29 is 9.90 Å². The van der Waals surface area contributed by atoms with E-state index in [0.717, 1.165) is 70.9 Å². The number of nitriles is 1. The molecule has 0 spiro atoms. The van der Waals surface area contributed by atoms with E-state index in [0.29, 0.717) is 41.7 Å². The molecular formula is C40H54N6O3. The molecule has 1 aromatic heterocycles. The number of benzene rings is 2. The first-order valence-corrected chi connectivity index (χ1v) is 18.4. The van der Waals surface area contributed by atoms with Crippen molar-refractivity contribution in [1.29, 1.82) is 5.26 Å². The standard InChI is InChI=1S/C40H54N6O3/c1-5-9-17-30(7-3)28-44(29-31(8-4)18-10-6-2)38(47)33-21-23-34(24-22-33)42-43-37-36(32-19-13-11-14-20-32)35(27-41)39(48)46(40(37)49)45-25-15-12-16-26-45/h11,13-14,19-24,30-31,49H,5-10,12,15-18,25-26,28-29H2,1-4H3/b43-42+. The van der Waals surface area contributed by atoms with Gasteiger partial charge >= 0.3 is 0 Å². The molecule has 1 amide bonds. The van der Waals surface area contributed by atoms with Gasteiger partial charge in [-0.3, -0.25) is 9.59 Å². The maximum absolute atomic E-state index is 14.0. The van der Waals surface area contributed by atoms with Gasteiger partial charge in [0.2, 0.25) is 5.88 Å². The van der Waals surface area contributed by atoms with Gasteiger partial charge in [-0.25, -0.2) is 0 Å². The molecule has 0 saturated carbocycles. The molecule has 9 heteroatoms. The van der Waals surface area contributed by atoms with Crippen LogP contribution in [-0.4, -0.2) is 46.8 Å². The summed E-state index contributed by atoms with van der Waals surface area (Å²) in [5, 5.41) is 32.4. The highest BCUT2D eigenvalue weighted by Gasteiger charge is 2.27. The second-order valence-electron chi connectivity index (χ2n) is 13.3. The Kier molecular flexibility index (Phi) is 14.4. The first-order chi connectivity index (χ1) is 23.9. The van der Waals surface area contributed by atoms with Crippen molar-refractivity contribution >= 4 is 17.3 Å². The number of amides is 1. The predicted molar refractivity (Wildman–Crippen MR) is 197 cm³/mol. The average molecular weight is 667 g/mol. The van der Waals surface area contributed by atoms with Crippen LogP contribution < -0.4 is 10.6 Å². The van der Waals surface area contributed by atoms with E-state index < -0.39 is 5.56 Å². The lowest BCUT2D eigenvalue weighted by molar-refractivity contribution is 0.0685. The molecule has 0 aliphatic carbocycles. The van der Waals surface area contributed by atoms with E-state index in [1.165, 1.54) is 17.5 Å². The van der Waals surface area contributed by atoms with E-state index in [9.17, 15) is 20.0 Å². The van der Waals surface area contributed by atoms with Crippen molar-refractivity contribution in [3.8, 4) is 23.1 Å². The molecule has 2 aromatic carbocycles. The van der Waals surface area contributed by atoms with Crippen LogP contribution in [0.15, 0.2) is 69.6 Å². The highest BCUT2D eigenvalue weighted by molar-refractivity contribution is 5.94. The Morgan fingerprint density at radius 3 is 2.00 bits per heavy atom. The van der Waals surface area contributed by atoms with Gasteiger partial charge in [0.15, 0.2) is 5.69 Å². The molecule has 0 radical (unpaired) electrons. The van der Waals surface area contributed by atoms with Crippen molar-refractivity contribution in [3.63, 3.8) is 0 Å². The fourth-order valence-electron chi connectivity index (χ4n) is 6.72. The van der Waals surface area contributed by atoms with Crippen LogP contribution in [0.3, 0.4) is 0 Å². The minimum absolute atomic E-state index is 0.0321. The monoisotopic (exact) mass is 666 g/mol. The maximum Gasteiger partial charge on any atom is 0.290 e. The van der Waals surface area contributed by atoms with E-state index in [4.69, 9.17) is 0 Å². The van der Waals surface area contributed by atoms with Crippen molar-refractivity contribution in [2.24, 2.45) is 22.1 Å². The smallest absolute Gasteiger partial charge is 0.290 e. The molecule has 1 fully saturated rings. The zero-order valence-corrected chi connectivity index (χ0v) is 29.9. The van der Waals surface area contributed by atoms with Gasteiger partial charge in [0.25, 0.3) is 11.5 Å². The predicted octanol–water partition coefficient (Wildman–Crippen LogP) is 9.50. The number of carbonyl (C=O) groups excluding carboxylic acids is 1. The number of hydrogen-bond donors (Lipinski definition) is 1. The first kappa shape index (κ1) is 37.4. The Hall–Kier alpha value is -4.45. The third-order valence-corrected chi connectivity index (χ3v) is 9.81. The van der Waals surface area contributed by atoms with E-state index in [2.05, 4.69) is 48.9 Å². The summed E-state index contributed by atoms with van der Waals surface area (Å²) in [7, 11) is 0. The molecule has 2 atom stereocenters. The molecule has 1 N–H and O–H groups in total. The number of aromatic hydroxyl groups is 1. The number of azo groups is 1. The van der Waals surface area contributed by atoms with Gasteiger partial charge in [0, 0.05) is 37.3 Å². The summed E-state index contributed by atoms with van der Waals surface area (Å²) in [4.78, 5) is 29.7. The van der Waals surface area contributed by atoms with Crippen molar-refractivity contribution in [3.05, 3.63) is 76.1 Å². The molecule has 1 aliphatic rings. The summed E-state index contributed by atoms with van der Waals surface area (Å²) in [5.74, 6) is 0.625. The molecule has 9 nitrogen and oxygen atoms in total. The topological polar surface area (TPSA) is 114 Å². The Morgan fingerprint density at radius 1 is 0.878 bits per heavy atom. The molecule has 262 valence electrons. The Bertz CT molecular complexity index is 1600. The van der Waals surface area contributed by atoms with Gasteiger partial charge in [0.1, 0.15) is 11.6 Å². The van der Waals surface area contributed by atoms with Gasteiger partial charge in [-0.1, -0.05) is 96.6 Å². The summed E-state index contributed by atoms with van der Waals surface area (Å²) < 4.78 is 1.18. The third-order valence-electron chi connectivity index (χ3n) is 9.81. The SMILES string of the molecule is CCCCC(CC)CN(CC(CC)CCCC)C(=O)c1ccc(/N=N/c2c(-c3ccccc3)c(C#N)c(=O)n(N3CCCCC3)c2O)cc1. The summed E-state index contributed by atoms with van der Waals surface area (Å²) in [6, 6.07) is 18.2. The van der Waals surface area contributed by atoms with E-state index in [-0.39, 0.29) is 28.6 Å². The summed E-state index contributed by atoms with van der Waals surface area (Å²) in [6.07, 6.45) is 11.8. The van der Waals surface area contributed by atoms with Crippen molar-refractivity contribution in [2.75, 3.05) is 31.2 Å². The number of carbonyl (C=O) groups is 1. The van der Waals surface area contributed by atoms with Crippen LogP contribution in [-0.2, 0) is 0 Å². The Balaban J connectivity index is 1.68. The quantitative estimate of drug-likeness (QED) is 0.144. The van der Waals surface area contributed by atoms with Crippen LogP contribution in [0.5, 0.6) is 5.88 Å². The van der Waals surface area contributed by atoms with Gasteiger partial charge in [0.05, 0.1) is 5.69 Å². The van der Waals surface area contributed by atoms with Crippen LogP contribution in [0, 0.1) is 23.2 Å². The van der Waals surface area contributed by atoms with Gasteiger partial charge < -0.3 is 15.0 Å². The van der Waals surface area contributed by atoms with Gasteiger partial charge in [-0.15, -0.1) is 5.11 Å². The van der Waals surface area contributed by atoms with Crippen LogP contribution in [0.25, 0.3) is 11.1 Å². The van der Waals surface area contributed by atoms with E-state index in [1.54, 1.807) is 41.4 Å². The number of pyridine rings is 1. The molecule has 2 heterocycles. The van der Waals surface area contributed by atoms with Crippen LogP contribution in [0.1, 0.15) is 114 Å². The van der Waals surface area contributed by atoms with E-state index >= 15 is 0 Å². The normalized spacial score (nSPS) is 14.5. The van der Waals surface area contributed by atoms with Crippen LogP contribution in [0.2, 0.25) is 0 Å². The summed E-state index contributed by atoms with van der Waals surface area (Å²) in [6.45, 7) is 11.5. The molecule has 1 aliphatic heterocycles. The van der Waals surface area contributed by atoms with Crippen molar-refractivity contribution in [2.45, 2.75) is 98.3 Å². The molecule has 0 bridgehead atoms. The molecule has 3 aromatic rings. The fourth-order valence-corrected chi connectivity index (χ4v) is 6.72. The Labute approximate surface area is 292 Å². The molecule has 1 saturated heterocycles. The maximum atomic E-state index is 14.0. The summed E-state index contributed by atoms with van der Waals surface area (Å²) in [5.41, 5.74) is 1.29. The second-order valence-corrected chi connectivity index (χ2v) is 13.3. The minimum atomic E-state index is -0.577. The average Bonchev–Trinajstić information content (AvgIpc) is 3.14. The zero-order chi connectivity index (χ0) is 35.2. The Morgan fingerprint density at radius 2 is 1.47 bits per heavy atom.